The highest BCUT2D eigenvalue weighted by atomic mass is 32.2. The molecule has 1 N–H and O–H groups in total. The molecule has 1 amide bonds. The summed E-state index contributed by atoms with van der Waals surface area (Å²) in [7, 11) is -0.881. The third-order valence-corrected chi connectivity index (χ3v) is 8.27. The van der Waals surface area contributed by atoms with E-state index in [2.05, 4.69) is 5.32 Å². The van der Waals surface area contributed by atoms with Gasteiger partial charge in [-0.3, -0.25) is 4.79 Å². The molecule has 1 fully saturated rings. The number of carbonyl (C=O) groups excluding carboxylic acids is 2. The molecule has 1 aliphatic heterocycles. The van der Waals surface area contributed by atoms with Crippen LogP contribution < -0.4 is 5.32 Å². The minimum atomic E-state index is -3.69. The number of hydrogen-bond acceptors (Lipinski definition) is 7. The van der Waals surface area contributed by atoms with E-state index in [0.717, 1.165) is 23.3 Å². The molecule has 0 radical (unpaired) electrons. The summed E-state index contributed by atoms with van der Waals surface area (Å²) in [5, 5.41) is 3.14. The van der Waals surface area contributed by atoms with Crippen LogP contribution in [0.1, 0.15) is 44.0 Å². The Labute approximate surface area is 186 Å². The van der Waals surface area contributed by atoms with Crippen molar-refractivity contribution in [1.82, 2.24) is 4.31 Å². The Morgan fingerprint density at radius 2 is 1.94 bits per heavy atom. The summed E-state index contributed by atoms with van der Waals surface area (Å²) < 4.78 is 37.2. The van der Waals surface area contributed by atoms with E-state index in [0.29, 0.717) is 17.2 Å². The van der Waals surface area contributed by atoms with E-state index in [9.17, 15) is 18.0 Å². The number of rotatable bonds is 7. The number of thiophene rings is 1. The van der Waals surface area contributed by atoms with Crippen LogP contribution in [0, 0.1) is 13.8 Å². The third-order valence-electron chi connectivity index (χ3n) is 5.31. The number of sulfonamides is 1. The predicted molar refractivity (Wildman–Crippen MR) is 118 cm³/mol. The van der Waals surface area contributed by atoms with Crippen molar-refractivity contribution in [2.45, 2.75) is 37.7 Å². The number of anilines is 1. The molecule has 168 valence electrons. The molecular formula is C21H26N2O6S2. The summed E-state index contributed by atoms with van der Waals surface area (Å²) in [6, 6.07) is 5.71. The second kappa shape index (κ2) is 9.47. The van der Waals surface area contributed by atoms with Crippen molar-refractivity contribution in [2.75, 3.05) is 32.6 Å². The molecule has 1 saturated heterocycles. The van der Waals surface area contributed by atoms with Crippen LogP contribution >= 0.6 is 11.3 Å². The highest BCUT2D eigenvalue weighted by molar-refractivity contribution is 7.89. The van der Waals surface area contributed by atoms with E-state index in [1.807, 2.05) is 6.92 Å². The van der Waals surface area contributed by atoms with Crippen molar-refractivity contribution in [2.24, 2.45) is 0 Å². The smallest absolute Gasteiger partial charge is 0.341 e. The molecule has 0 saturated carbocycles. The number of hydrogen-bond donors (Lipinski definition) is 1. The zero-order chi connectivity index (χ0) is 22.8. The van der Waals surface area contributed by atoms with Crippen LogP contribution in [-0.4, -0.2) is 58.0 Å². The summed E-state index contributed by atoms with van der Waals surface area (Å²) >= 11 is 1.29. The van der Waals surface area contributed by atoms with E-state index in [1.54, 1.807) is 6.92 Å². The van der Waals surface area contributed by atoms with Gasteiger partial charge in [0, 0.05) is 30.6 Å². The molecule has 1 aromatic carbocycles. The summed E-state index contributed by atoms with van der Waals surface area (Å²) in [6.45, 7) is 4.59. The van der Waals surface area contributed by atoms with Gasteiger partial charge in [0.1, 0.15) is 5.00 Å². The van der Waals surface area contributed by atoms with Crippen molar-refractivity contribution < 1.29 is 27.5 Å². The van der Waals surface area contributed by atoms with E-state index in [1.165, 1.54) is 54.1 Å². The highest BCUT2D eigenvalue weighted by Gasteiger charge is 2.26. The lowest BCUT2D eigenvalue weighted by atomic mass is 10.1. The predicted octanol–water partition coefficient (Wildman–Crippen LogP) is 3.20. The Bertz CT molecular complexity index is 1070. The van der Waals surface area contributed by atoms with Crippen molar-refractivity contribution in [3.8, 4) is 0 Å². The minimum absolute atomic E-state index is 0.0912. The van der Waals surface area contributed by atoms with Gasteiger partial charge in [0.2, 0.25) is 10.0 Å². The SMILES string of the molecule is COC(=O)c1c(NC(=O)c2ccc(S(=O)(=O)N(C)CC3CCCO3)cc2)sc(C)c1C. The van der Waals surface area contributed by atoms with Crippen molar-refractivity contribution >= 4 is 38.2 Å². The molecule has 10 heteroatoms. The summed E-state index contributed by atoms with van der Waals surface area (Å²) in [5.74, 6) is -0.962. The van der Waals surface area contributed by atoms with E-state index in [-0.39, 0.29) is 23.1 Å². The first-order valence-electron chi connectivity index (χ1n) is 9.82. The number of esters is 1. The summed E-state index contributed by atoms with van der Waals surface area (Å²) in [5.41, 5.74) is 1.36. The zero-order valence-corrected chi connectivity index (χ0v) is 19.6. The Morgan fingerprint density at radius 1 is 1.26 bits per heavy atom. The monoisotopic (exact) mass is 466 g/mol. The molecule has 2 aromatic rings. The number of likely N-dealkylation sites (N-methyl/N-ethyl adjacent to an activating group) is 1. The van der Waals surface area contributed by atoms with Crippen LogP contribution in [0.25, 0.3) is 0 Å². The molecule has 1 unspecified atom stereocenters. The second-order valence-electron chi connectivity index (χ2n) is 7.38. The largest absolute Gasteiger partial charge is 0.465 e. The maximum absolute atomic E-state index is 12.8. The van der Waals surface area contributed by atoms with Gasteiger partial charge in [-0.2, -0.15) is 4.31 Å². The lowest BCUT2D eigenvalue weighted by Crippen LogP contribution is -2.34. The van der Waals surface area contributed by atoms with Gasteiger partial charge in [-0.1, -0.05) is 0 Å². The van der Waals surface area contributed by atoms with Crippen molar-refractivity contribution in [1.29, 1.82) is 0 Å². The van der Waals surface area contributed by atoms with Gasteiger partial charge >= 0.3 is 5.97 Å². The Morgan fingerprint density at radius 3 is 2.52 bits per heavy atom. The standard InChI is InChI=1S/C21H26N2O6S2/c1-13-14(2)30-20(18(13)21(25)28-4)22-19(24)15-7-9-17(10-8-15)31(26,27)23(3)12-16-6-5-11-29-16/h7-10,16H,5-6,11-12H2,1-4H3,(H,22,24). The van der Waals surface area contributed by atoms with Crippen molar-refractivity contribution in [3.63, 3.8) is 0 Å². The first kappa shape index (κ1) is 23.4. The fourth-order valence-electron chi connectivity index (χ4n) is 3.37. The molecule has 31 heavy (non-hydrogen) atoms. The molecule has 1 aromatic heterocycles. The molecular weight excluding hydrogens is 440 g/mol. The Balaban J connectivity index is 1.75. The topological polar surface area (TPSA) is 102 Å². The molecule has 2 heterocycles. The first-order valence-corrected chi connectivity index (χ1v) is 12.1. The average molecular weight is 467 g/mol. The highest BCUT2D eigenvalue weighted by Crippen LogP contribution is 2.33. The van der Waals surface area contributed by atoms with E-state index < -0.39 is 21.9 Å². The number of aryl methyl sites for hydroxylation is 1. The zero-order valence-electron chi connectivity index (χ0n) is 17.9. The summed E-state index contributed by atoms with van der Waals surface area (Å²) in [6.07, 6.45) is 1.68. The van der Waals surface area contributed by atoms with Crippen LogP contribution in [0.5, 0.6) is 0 Å². The molecule has 1 aliphatic rings. The molecule has 0 bridgehead atoms. The average Bonchev–Trinajstić information content (AvgIpc) is 3.35. The fraction of sp³-hybridized carbons (Fsp3) is 0.429. The Hall–Kier alpha value is -2.27. The quantitative estimate of drug-likeness (QED) is 0.629. The van der Waals surface area contributed by atoms with Crippen LogP contribution in [-0.2, 0) is 19.5 Å². The molecule has 8 nitrogen and oxygen atoms in total. The van der Waals surface area contributed by atoms with Crippen LogP contribution in [0.15, 0.2) is 29.2 Å². The van der Waals surface area contributed by atoms with E-state index >= 15 is 0 Å². The van der Waals surface area contributed by atoms with Gasteiger partial charge in [0.15, 0.2) is 0 Å². The molecule has 0 spiro atoms. The van der Waals surface area contributed by atoms with Gasteiger partial charge in [-0.05, 0) is 56.5 Å². The maximum Gasteiger partial charge on any atom is 0.341 e. The first-order chi connectivity index (χ1) is 14.6. The lowest BCUT2D eigenvalue weighted by molar-refractivity contribution is 0.0601. The second-order valence-corrected chi connectivity index (χ2v) is 10.6. The number of nitrogens with zero attached hydrogens (tertiary/aromatic N) is 1. The number of benzene rings is 1. The maximum atomic E-state index is 12.8. The molecule has 3 rings (SSSR count). The van der Waals surface area contributed by atoms with Gasteiger partial charge in [0.25, 0.3) is 5.91 Å². The van der Waals surface area contributed by atoms with Gasteiger partial charge in [-0.25, -0.2) is 13.2 Å². The van der Waals surface area contributed by atoms with Crippen LogP contribution in [0.4, 0.5) is 5.00 Å². The van der Waals surface area contributed by atoms with Gasteiger partial charge < -0.3 is 14.8 Å². The number of nitrogens with one attached hydrogen (secondary N) is 1. The number of carbonyl (C=O) groups is 2. The van der Waals surface area contributed by atoms with E-state index in [4.69, 9.17) is 9.47 Å². The third kappa shape index (κ3) is 4.98. The minimum Gasteiger partial charge on any atom is -0.465 e. The number of methoxy groups -OCH3 is 1. The summed E-state index contributed by atoms with van der Waals surface area (Å²) in [4.78, 5) is 25.8. The van der Waals surface area contributed by atoms with Gasteiger partial charge in [0.05, 0.1) is 23.7 Å². The number of amides is 1. The van der Waals surface area contributed by atoms with Crippen molar-refractivity contribution in [3.05, 3.63) is 45.8 Å². The normalized spacial score (nSPS) is 16.5. The van der Waals surface area contributed by atoms with Gasteiger partial charge in [-0.15, -0.1) is 11.3 Å². The van der Waals surface area contributed by atoms with Crippen LogP contribution in [0.2, 0.25) is 0 Å². The molecule has 1 atom stereocenters. The fourth-order valence-corrected chi connectivity index (χ4v) is 5.62. The van der Waals surface area contributed by atoms with Crippen LogP contribution in [0.3, 0.4) is 0 Å². The lowest BCUT2D eigenvalue weighted by Gasteiger charge is -2.20. The number of ether oxygens (including phenoxy) is 2. The molecule has 0 aliphatic carbocycles. The Kier molecular flexibility index (Phi) is 7.15.